The highest BCUT2D eigenvalue weighted by Crippen LogP contribution is 2.59. The van der Waals surface area contributed by atoms with E-state index in [9.17, 15) is 0 Å². The van der Waals surface area contributed by atoms with Gasteiger partial charge in [-0.1, -0.05) is 217 Å². The lowest BCUT2D eigenvalue weighted by Gasteiger charge is -2.43. The van der Waals surface area contributed by atoms with E-state index in [1.165, 1.54) is 122 Å². The van der Waals surface area contributed by atoms with Crippen molar-refractivity contribution in [2.75, 3.05) is 9.80 Å². The Kier molecular flexibility index (Phi) is 9.36. The molecule has 1 aliphatic carbocycles. The first-order valence-electron chi connectivity index (χ1n) is 25.9. The van der Waals surface area contributed by atoms with Crippen molar-refractivity contribution in [1.82, 2.24) is 0 Å². The van der Waals surface area contributed by atoms with E-state index in [1.54, 1.807) is 0 Å². The molecule has 11 aromatic rings. The van der Waals surface area contributed by atoms with Crippen LogP contribution in [0.15, 0.2) is 231 Å². The zero-order valence-corrected chi connectivity index (χ0v) is 42.3. The van der Waals surface area contributed by atoms with Crippen LogP contribution in [0.1, 0.15) is 74.9 Å². The summed E-state index contributed by atoms with van der Waals surface area (Å²) in [5.74, 6) is 0. The fourth-order valence-corrected chi connectivity index (χ4v) is 13.8. The lowest BCUT2D eigenvalue weighted by Crippen LogP contribution is -2.31. The van der Waals surface area contributed by atoms with Gasteiger partial charge in [0.05, 0.1) is 22.7 Å². The van der Waals surface area contributed by atoms with Crippen LogP contribution in [0, 0.1) is 0 Å². The van der Waals surface area contributed by atoms with E-state index >= 15 is 0 Å². The van der Waals surface area contributed by atoms with Gasteiger partial charge in [0.2, 0.25) is 0 Å². The fraction of sp³-hybridized carbons (Fsp3) is 0.127. The van der Waals surface area contributed by atoms with Gasteiger partial charge in [0.25, 0.3) is 0 Å². The van der Waals surface area contributed by atoms with Crippen LogP contribution in [0.3, 0.4) is 0 Å². The molecular weight excluding hydrogens is 881 g/mol. The summed E-state index contributed by atoms with van der Waals surface area (Å²) < 4.78 is 0. The second kappa shape index (κ2) is 15.8. The minimum atomic E-state index is -0.313. The molecular formula is C71H56N2. The van der Waals surface area contributed by atoms with E-state index in [0.717, 1.165) is 11.4 Å². The van der Waals surface area contributed by atoms with Crippen molar-refractivity contribution < 1.29 is 0 Å². The molecule has 11 aromatic carbocycles. The number of anilines is 6. The molecule has 0 fully saturated rings. The Hall–Kier alpha value is -8.46. The van der Waals surface area contributed by atoms with E-state index in [0.29, 0.717) is 0 Å². The first-order chi connectivity index (χ1) is 35.5. The second-order valence-electron chi connectivity index (χ2n) is 22.0. The highest BCUT2D eigenvalue weighted by molar-refractivity contribution is 6.20. The summed E-state index contributed by atoms with van der Waals surface area (Å²) in [4.78, 5) is 4.96. The van der Waals surface area contributed by atoms with Crippen molar-refractivity contribution in [3.8, 4) is 44.5 Å². The maximum atomic E-state index is 2.55. The zero-order valence-electron chi connectivity index (χ0n) is 42.3. The third-order valence-electron chi connectivity index (χ3n) is 17.0. The molecule has 0 saturated carbocycles. The van der Waals surface area contributed by atoms with Gasteiger partial charge in [0.15, 0.2) is 0 Å². The standard InChI is InChI=1S/C71H56N2/c1-69(2)58-37-14-13-28-49(58)54-33-21-36-55(66(54)69)65-50-31-19-29-47(52-34-22-42-63-67(52)70(3,4)59-38-15-17-40-61(59)72(63)45-24-9-7-10-25-45)56(50)44-57-48(30-20-32-51(57)65)53-35-23-43-64-68(53)71(5,6)60-39-16-18-41-62(60)73(64)46-26-11-8-12-27-46/h7-44H,1-6H3. The number of para-hydroxylation sites is 4. The molecule has 2 aliphatic heterocycles. The lowest BCUT2D eigenvalue weighted by atomic mass is 9.70. The maximum absolute atomic E-state index is 2.55. The number of fused-ring (bicyclic) bond motifs is 9. The van der Waals surface area contributed by atoms with Gasteiger partial charge in [-0.3, -0.25) is 0 Å². The van der Waals surface area contributed by atoms with Gasteiger partial charge in [-0.05, 0) is 154 Å². The average molecular weight is 937 g/mol. The monoisotopic (exact) mass is 936 g/mol. The van der Waals surface area contributed by atoms with E-state index in [2.05, 4.69) is 282 Å². The summed E-state index contributed by atoms with van der Waals surface area (Å²) in [7, 11) is 0. The normalized spacial score (nSPS) is 15.3. The smallest absolute Gasteiger partial charge is 0.0508 e. The Morgan fingerprint density at radius 3 is 1.10 bits per heavy atom. The van der Waals surface area contributed by atoms with Crippen molar-refractivity contribution >= 4 is 55.7 Å². The van der Waals surface area contributed by atoms with Gasteiger partial charge in [0.1, 0.15) is 0 Å². The van der Waals surface area contributed by atoms with Crippen molar-refractivity contribution in [3.05, 3.63) is 264 Å². The molecule has 0 N–H and O–H groups in total. The quantitative estimate of drug-likeness (QED) is 0.159. The van der Waals surface area contributed by atoms with E-state index in [-0.39, 0.29) is 16.2 Å². The third-order valence-corrected chi connectivity index (χ3v) is 17.0. The number of hydrogen-bond acceptors (Lipinski definition) is 2. The second-order valence-corrected chi connectivity index (χ2v) is 22.0. The Balaban J connectivity index is 1.10. The van der Waals surface area contributed by atoms with Crippen molar-refractivity contribution in [1.29, 1.82) is 0 Å². The summed E-state index contributed by atoms with van der Waals surface area (Å²) in [6.07, 6.45) is 0. The molecule has 2 nitrogen and oxygen atoms in total. The van der Waals surface area contributed by atoms with Gasteiger partial charge in [-0.15, -0.1) is 0 Å². The van der Waals surface area contributed by atoms with Gasteiger partial charge in [0, 0.05) is 27.6 Å². The minimum absolute atomic E-state index is 0.222. The molecule has 350 valence electrons. The predicted octanol–water partition coefficient (Wildman–Crippen LogP) is 19.5. The van der Waals surface area contributed by atoms with Crippen LogP contribution >= 0.6 is 0 Å². The fourth-order valence-electron chi connectivity index (χ4n) is 13.8. The maximum Gasteiger partial charge on any atom is 0.0508 e. The molecule has 0 bridgehead atoms. The number of rotatable bonds is 5. The number of benzene rings is 11. The van der Waals surface area contributed by atoms with E-state index in [1.807, 2.05) is 0 Å². The zero-order chi connectivity index (χ0) is 49.4. The van der Waals surface area contributed by atoms with Crippen molar-refractivity contribution in [2.24, 2.45) is 0 Å². The molecule has 2 heteroatoms. The molecule has 0 aromatic heterocycles. The van der Waals surface area contributed by atoms with Crippen molar-refractivity contribution in [3.63, 3.8) is 0 Å². The largest absolute Gasteiger partial charge is 0.310 e. The molecule has 0 unspecified atom stereocenters. The van der Waals surface area contributed by atoms with Gasteiger partial charge in [-0.25, -0.2) is 0 Å². The number of nitrogens with zero attached hydrogens (tertiary/aromatic N) is 2. The third kappa shape index (κ3) is 6.10. The summed E-state index contributed by atoms with van der Waals surface area (Å²) in [5.41, 5.74) is 24.6. The predicted molar refractivity (Wildman–Crippen MR) is 309 cm³/mol. The van der Waals surface area contributed by atoms with Crippen LogP contribution < -0.4 is 9.80 Å². The molecule has 0 amide bonds. The summed E-state index contributed by atoms with van der Waals surface area (Å²) >= 11 is 0. The molecule has 0 atom stereocenters. The van der Waals surface area contributed by atoms with Crippen LogP contribution in [0.5, 0.6) is 0 Å². The van der Waals surface area contributed by atoms with Crippen LogP contribution in [-0.2, 0) is 16.2 Å². The van der Waals surface area contributed by atoms with Gasteiger partial charge in [-0.2, -0.15) is 0 Å². The Morgan fingerprint density at radius 1 is 0.247 bits per heavy atom. The molecule has 0 spiro atoms. The molecule has 0 radical (unpaired) electrons. The molecule has 73 heavy (non-hydrogen) atoms. The lowest BCUT2D eigenvalue weighted by molar-refractivity contribution is 0.633. The van der Waals surface area contributed by atoms with Gasteiger partial charge < -0.3 is 9.80 Å². The molecule has 0 saturated heterocycles. The van der Waals surface area contributed by atoms with Crippen molar-refractivity contribution in [2.45, 2.75) is 57.8 Å². The van der Waals surface area contributed by atoms with E-state index < -0.39 is 0 Å². The average Bonchev–Trinajstić information content (AvgIpc) is 3.66. The summed E-state index contributed by atoms with van der Waals surface area (Å²) in [6.45, 7) is 14.5. The van der Waals surface area contributed by atoms with Crippen LogP contribution in [-0.4, -0.2) is 0 Å². The highest BCUT2D eigenvalue weighted by Gasteiger charge is 2.42. The van der Waals surface area contributed by atoms with Crippen LogP contribution in [0.2, 0.25) is 0 Å². The first kappa shape index (κ1) is 43.3. The Labute approximate surface area is 429 Å². The highest BCUT2D eigenvalue weighted by atomic mass is 15.2. The van der Waals surface area contributed by atoms with Crippen LogP contribution in [0.4, 0.5) is 34.1 Å². The molecule has 2 heterocycles. The summed E-state index contributed by atoms with van der Waals surface area (Å²) in [5, 5.41) is 5.01. The number of hydrogen-bond donors (Lipinski definition) is 0. The first-order valence-corrected chi connectivity index (χ1v) is 25.9. The molecule has 14 rings (SSSR count). The molecule has 3 aliphatic rings. The van der Waals surface area contributed by atoms with Crippen LogP contribution in [0.25, 0.3) is 66.1 Å². The topological polar surface area (TPSA) is 6.48 Å². The van der Waals surface area contributed by atoms with Gasteiger partial charge >= 0.3 is 0 Å². The SMILES string of the molecule is CC1(C)c2ccccc2-c2cccc(-c3c4cccc(-c5cccc6c5C(C)(C)c5ccccc5N6c5ccccc5)c4cc4c(-c5cccc6c5C(C)(C)c5ccccc5N6c5ccccc5)cccc34)c21. The van der Waals surface area contributed by atoms with E-state index in [4.69, 9.17) is 0 Å². The summed E-state index contributed by atoms with van der Waals surface area (Å²) in [6, 6.07) is 86.6. The minimum Gasteiger partial charge on any atom is -0.310 e. The Bertz CT molecular complexity index is 3850. The Morgan fingerprint density at radius 2 is 0.589 bits per heavy atom.